The molecule has 0 radical (unpaired) electrons. The fourth-order valence-electron chi connectivity index (χ4n) is 0.464. The summed E-state index contributed by atoms with van der Waals surface area (Å²) in [5.74, 6) is 0.755. The topological polar surface area (TPSA) is 32.3 Å². The molecule has 0 spiro atoms. The first-order valence-corrected chi connectivity index (χ1v) is 3.35. The predicted octanol–water partition coefficient (Wildman–Crippen LogP) is 0.233. The molecule has 3 heteroatoms. The maximum Gasteiger partial charge on any atom is 0.102 e. The molecular formula is C5H13NOS. The van der Waals surface area contributed by atoms with Gasteiger partial charge in [0.25, 0.3) is 0 Å². The van der Waals surface area contributed by atoms with E-state index in [9.17, 15) is 0 Å². The molecule has 8 heavy (non-hydrogen) atoms. The van der Waals surface area contributed by atoms with E-state index in [4.69, 9.17) is 5.11 Å². The summed E-state index contributed by atoms with van der Waals surface area (Å²) in [5.41, 5.74) is 0. The molecule has 0 aliphatic heterocycles. The lowest BCUT2D eigenvalue weighted by molar-refractivity contribution is 0.147. The zero-order valence-electron chi connectivity index (χ0n) is 5.26. The standard InChI is InChI=1S/C5H13NOS/c1-4(3-8)6-5(2)7/h4-8H,3H2,1-2H3. The van der Waals surface area contributed by atoms with Gasteiger partial charge >= 0.3 is 0 Å². The van der Waals surface area contributed by atoms with Gasteiger partial charge in [-0.2, -0.15) is 12.6 Å². The van der Waals surface area contributed by atoms with E-state index in [2.05, 4.69) is 17.9 Å². The Bertz CT molecular complexity index is 58.4. The Morgan fingerprint density at radius 2 is 2.12 bits per heavy atom. The van der Waals surface area contributed by atoms with Crippen LogP contribution in [0.3, 0.4) is 0 Å². The Balaban J connectivity index is 3.10. The summed E-state index contributed by atoms with van der Waals surface area (Å²) in [4.78, 5) is 0. The normalized spacial score (nSPS) is 18.0. The smallest absolute Gasteiger partial charge is 0.102 e. The van der Waals surface area contributed by atoms with Crippen LogP contribution in [-0.2, 0) is 0 Å². The van der Waals surface area contributed by atoms with Crippen LogP contribution in [0.25, 0.3) is 0 Å². The number of nitrogens with one attached hydrogen (secondary N) is 1. The number of hydrogen-bond acceptors (Lipinski definition) is 3. The third-order valence-electron chi connectivity index (χ3n) is 0.800. The van der Waals surface area contributed by atoms with Crippen molar-refractivity contribution in [3.63, 3.8) is 0 Å². The quantitative estimate of drug-likeness (QED) is 0.382. The average molecular weight is 135 g/mol. The molecule has 0 fully saturated rings. The van der Waals surface area contributed by atoms with E-state index in [1.165, 1.54) is 0 Å². The first-order valence-electron chi connectivity index (χ1n) is 2.71. The van der Waals surface area contributed by atoms with Gasteiger partial charge in [-0.05, 0) is 13.8 Å². The van der Waals surface area contributed by atoms with Crippen LogP contribution >= 0.6 is 12.6 Å². The Morgan fingerprint density at radius 3 is 2.25 bits per heavy atom. The van der Waals surface area contributed by atoms with Crippen LogP contribution in [0.1, 0.15) is 13.8 Å². The van der Waals surface area contributed by atoms with Crippen LogP contribution in [0.15, 0.2) is 0 Å². The minimum atomic E-state index is -0.419. The number of rotatable bonds is 3. The van der Waals surface area contributed by atoms with Gasteiger partial charge < -0.3 is 5.11 Å². The second kappa shape index (κ2) is 4.18. The van der Waals surface area contributed by atoms with Crippen molar-refractivity contribution in [2.45, 2.75) is 26.1 Å². The molecule has 0 rings (SSSR count). The number of hydrogen-bond donors (Lipinski definition) is 3. The molecule has 0 aromatic carbocycles. The molecule has 0 amide bonds. The third-order valence-corrected chi connectivity index (χ3v) is 1.35. The van der Waals surface area contributed by atoms with Crippen molar-refractivity contribution in [3.05, 3.63) is 0 Å². The van der Waals surface area contributed by atoms with Crippen molar-refractivity contribution in [3.8, 4) is 0 Å². The second-order valence-corrected chi connectivity index (χ2v) is 2.29. The van der Waals surface area contributed by atoms with E-state index in [1.807, 2.05) is 6.92 Å². The summed E-state index contributed by atoms with van der Waals surface area (Å²) in [6, 6.07) is 0.290. The first-order chi connectivity index (χ1) is 3.66. The molecule has 50 valence electrons. The van der Waals surface area contributed by atoms with Gasteiger partial charge in [0, 0.05) is 11.8 Å². The lowest BCUT2D eigenvalue weighted by Gasteiger charge is -2.12. The Hall–Kier alpha value is 0.270. The Labute approximate surface area is 55.7 Å². The summed E-state index contributed by atoms with van der Waals surface area (Å²) in [6.07, 6.45) is -0.419. The second-order valence-electron chi connectivity index (χ2n) is 1.93. The molecule has 2 N–H and O–H groups in total. The van der Waals surface area contributed by atoms with Crippen LogP contribution < -0.4 is 5.32 Å². The summed E-state index contributed by atoms with van der Waals surface area (Å²) < 4.78 is 0. The maximum absolute atomic E-state index is 8.71. The van der Waals surface area contributed by atoms with Crippen molar-refractivity contribution in [1.29, 1.82) is 0 Å². The minimum absolute atomic E-state index is 0.290. The highest BCUT2D eigenvalue weighted by Gasteiger charge is 1.99. The lowest BCUT2D eigenvalue weighted by Crippen LogP contribution is -2.35. The summed E-state index contributed by atoms with van der Waals surface area (Å²) in [7, 11) is 0. The first kappa shape index (κ1) is 8.27. The predicted molar refractivity (Wildman–Crippen MR) is 38.1 cm³/mol. The zero-order chi connectivity index (χ0) is 6.57. The van der Waals surface area contributed by atoms with E-state index in [-0.39, 0.29) is 0 Å². The molecular weight excluding hydrogens is 122 g/mol. The summed E-state index contributed by atoms with van der Waals surface area (Å²) in [5, 5.41) is 11.6. The highest BCUT2D eigenvalue weighted by molar-refractivity contribution is 7.80. The molecule has 2 atom stereocenters. The molecule has 0 saturated carbocycles. The van der Waals surface area contributed by atoms with Gasteiger partial charge in [-0.1, -0.05) is 0 Å². The number of aliphatic hydroxyl groups excluding tert-OH is 1. The summed E-state index contributed by atoms with van der Waals surface area (Å²) >= 11 is 4.02. The monoisotopic (exact) mass is 135 g/mol. The van der Waals surface area contributed by atoms with Gasteiger partial charge in [0.15, 0.2) is 0 Å². The van der Waals surface area contributed by atoms with Gasteiger partial charge in [-0.15, -0.1) is 0 Å². The van der Waals surface area contributed by atoms with Crippen LogP contribution in [0.2, 0.25) is 0 Å². The Kier molecular flexibility index (Phi) is 4.32. The van der Waals surface area contributed by atoms with Gasteiger partial charge in [0.1, 0.15) is 6.23 Å². The summed E-state index contributed by atoms with van der Waals surface area (Å²) in [6.45, 7) is 3.67. The molecule has 0 aromatic rings. The number of aliphatic hydroxyl groups is 1. The molecule has 0 saturated heterocycles. The molecule has 0 bridgehead atoms. The SMILES string of the molecule is CC(O)NC(C)CS. The fraction of sp³-hybridized carbons (Fsp3) is 1.00. The zero-order valence-corrected chi connectivity index (χ0v) is 6.15. The van der Waals surface area contributed by atoms with E-state index in [0.29, 0.717) is 6.04 Å². The maximum atomic E-state index is 8.71. The molecule has 0 aliphatic rings. The average Bonchev–Trinajstić information content (AvgIpc) is 1.65. The van der Waals surface area contributed by atoms with Crippen molar-refractivity contribution >= 4 is 12.6 Å². The highest BCUT2D eigenvalue weighted by atomic mass is 32.1. The minimum Gasteiger partial charge on any atom is -0.379 e. The van der Waals surface area contributed by atoms with E-state index >= 15 is 0 Å². The molecule has 0 aromatic heterocycles. The van der Waals surface area contributed by atoms with Crippen molar-refractivity contribution in [2.75, 3.05) is 5.75 Å². The highest BCUT2D eigenvalue weighted by Crippen LogP contribution is 1.85. The van der Waals surface area contributed by atoms with Crippen LogP contribution in [0, 0.1) is 0 Å². The molecule has 0 heterocycles. The number of thiol groups is 1. The van der Waals surface area contributed by atoms with Crippen molar-refractivity contribution < 1.29 is 5.11 Å². The van der Waals surface area contributed by atoms with E-state index in [1.54, 1.807) is 6.92 Å². The van der Waals surface area contributed by atoms with E-state index < -0.39 is 6.23 Å². The molecule has 0 aliphatic carbocycles. The largest absolute Gasteiger partial charge is 0.379 e. The van der Waals surface area contributed by atoms with Crippen molar-refractivity contribution in [1.82, 2.24) is 5.32 Å². The van der Waals surface area contributed by atoms with Crippen molar-refractivity contribution in [2.24, 2.45) is 0 Å². The van der Waals surface area contributed by atoms with Gasteiger partial charge in [-0.3, -0.25) is 5.32 Å². The van der Waals surface area contributed by atoms with Gasteiger partial charge in [0.2, 0.25) is 0 Å². The molecule has 2 unspecified atom stereocenters. The van der Waals surface area contributed by atoms with Crippen LogP contribution in [0.5, 0.6) is 0 Å². The van der Waals surface area contributed by atoms with Gasteiger partial charge in [0.05, 0.1) is 0 Å². The Morgan fingerprint density at radius 1 is 1.62 bits per heavy atom. The fourth-order valence-corrected chi connectivity index (χ4v) is 0.570. The van der Waals surface area contributed by atoms with Crippen LogP contribution in [-0.4, -0.2) is 23.1 Å². The van der Waals surface area contributed by atoms with Gasteiger partial charge in [-0.25, -0.2) is 0 Å². The third kappa shape index (κ3) is 4.43. The van der Waals surface area contributed by atoms with Crippen LogP contribution in [0.4, 0.5) is 0 Å². The lowest BCUT2D eigenvalue weighted by atomic mass is 10.4. The van der Waals surface area contributed by atoms with E-state index in [0.717, 1.165) is 5.75 Å². The molecule has 2 nitrogen and oxygen atoms in total.